The van der Waals surface area contributed by atoms with E-state index in [0.29, 0.717) is 22.4 Å². The molecule has 27 heavy (non-hydrogen) atoms. The SMILES string of the molecule is Cn1c(CN(c2ccccc2)S(C)(=O)=O)nnc1SCC(=O)N1CCCC1. The van der Waals surface area contributed by atoms with Crippen LogP contribution in [0.5, 0.6) is 0 Å². The zero-order valence-corrected chi connectivity index (χ0v) is 17.0. The molecule has 2 aromatic rings. The second kappa shape index (κ2) is 8.30. The van der Waals surface area contributed by atoms with E-state index >= 15 is 0 Å². The van der Waals surface area contributed by atoms with Crippen LogP contribution < -0.4 is 4.31 Å². The van der Waals surface area contributed by atoms with Crippen LogP contribution in [0.2, 0.25) is 0 Å². The minimum Gasteiger partial charge on any atom is -0.342 e. The summed E-state index contributed by atoms with van der Waals surface area (Å²) in [6.07, 6.45) is 3.29. The fraction of sp³-hybridized carbons (Fsp3) is 0.471. The number of hydrogen-bond acceptors (Lipinski definition) is 6. The zero-order chi connectivity index (χ0) is 19.4. The Morgan fingerprint density at radius 1 is 1.19 bits per heavy atom. The van der Waals surface area contributed by atoms with Gasteiger partial charge in [0.1, 0.15) is 0 Å². The van der Waals surface area contributed by atoms with Crippen LogP contribution in [0.4, 0.5) is 5.69 Å². The summed E-state index contributed by atoms with van der Waals surface area (Å²) in [7, 11) is -1.69. The van der Waals surface area contributed by atoms with Gasteiger partial charge in [-0.25, -0.2) is 8.42 Å². The molecule has 1 saturated heterocycles. The first kappa shape index (κ1) is 19.7. The highest BCUT2D eigenvalue weighted by atomic mass is 32.2. The van der Waals surface area contributed by atoms with Crippen LogP contribution in [0.15, 0.2) is 35.5 Å². The van der Waals surface area contributed by atoms with Gasteiger partial charge in [-0.3, -0.25) is 9.10 Å². The Morgan fingerprint density at radius 2 is 1.85 bits per heavy atom. The summed E-state index contributed by atoms with van der Waals surface area (Å²) in [6, 6.07) is 8.88. The highest BCUT2D eigenvalue weighted by Gasteiger charge is 2.22. The van der Waals surface area contributed by atoms with Crippen molar-refractivity contribution in [2.45, 2.75) is 24.5 Å². The number of carbonyl (C=O) groups is 1. The molecule has 1 fully saturated rings. The van der Waals surface area contributed by atoms with Crippen molar-refractivity contribution in [3.63, 3.8) is 0 Å². The fourth-order valence-corrected chi connectivity index (χ4v) is 4.60. The molecule has 0 saturated carbocycles. The van der Waals surface area contributed by atoms with E-state index in [9.17, 15) is 13.2 Å². The number of sulfonamides is 1. The highest BCUT2D eigenvalue weighted by molar-refractivity contribution is 7.99. The molecule has 0 bridgehead atoms. The predicted octanol–water partition coefficient (Wildman–Crippen LogP) is 1.50. The van der Waals surface area contributed by atoms with Crippen LogP contribution in [0.25, 0.3) is 0 Å². The lowest BCUT2D eigenvalue weighted by atomic mass is 10.3. The second-order valence-electron chi connectivity index (χ2n) is 6.44. The second-order valence-corrected chi connectivity index (χ2v) is 9.29. The van der Waals surface area contributed by atoms with Crippen molar-refractivity contribution >= 4 is 33.4 Å². The van der Waals surface area contributed by atoms with Crippen molar-refractivity contribution in [3.05, 3.63) is 36.2 Å². The van der Waals surface area contributed by atoms with E-state index in [-0.39, 0.29) is 12.5 Å². The lowest BCUT2D eigenvalue weighted by molar-refractivity contribution is -0.127. The minimum absolute atomic E-state index is 0.0764. The molecule has 1 aliphatic rings. The van der Waals surface area contributed by atoms with Gasteiger partial charge in [0.25, 0.3) is 0 Å². The first-order valence-corrected chi connectivity index (χ1v) is 11.5. The number of para-hydroxylation sites is 1. The Kier molecular flexibility index (Phi) is 6.05. The lowest BCUT2D eigenvalue weighted by Crippen LogP contribution is -2.30. The molecule has 146 valence electrons. The normalized spacial score (nSPS) is 14.5. The van der Waals surface area contributed by atoms with Crippen molar-refractivity contribution in [3.8, 4) is 0 Å². The summed E-state index contributed by atoms with van der Waals surface area (Å²) in [5.74, 6) is 0.921. The third-order valence-corrected chi connectivity index (χ3v) is 6.58. The molecule has 8 nitrogen and oxygen atoms in total. The van der Waals surface area contributed by atoms with E-state index in [1.807, 2.05) is 11.0 Å². The van der Waals surface area contributed by atoms with Crippen molar-refractivity contribution in [1.29, 1.82) is 0 Å². The Labute approximate surface area is 163 Å². The number of carbonyl (C=O) groups excluding carboxylic acids is 1. The van der Waals surface area contributed by atoms with Gasteiger partial charge in [0.2, 0.25) is 15.9 Å². The van der Waals surface area contributed by atoms with Gasteiger partial charge in [-0.05, 0) is 25.0 Å². The standard InChI is InChI=1S/C17H23N5O3S2/c1-20-15(12-22(27(2,24)25)14-8-4-3-5-9-14)18-19-17(20)26-13-16(23)21-10-6-7-11-21/h3-5,8-9H,6-7,10-13H2,1-2H3. The molecule has 0 unspecified atom stereocenters. The fourth-order valence-electron chi connectivity index (χ4n) is 2.92. The number of thioether (sulfide) groups is 1. The van der Waals surface area contributed by atoms with E-state index in [0.717, 1.165) is 25.9 Å². The predicted molar refractivity (Wildman–Crippen MR) is 105 cm³/mol. The van der Waals surface area contributed by atoms with Crippen LogP contribution in [0.1, 0.15) is 18.7 Å². The maximum absolute atomic E-state index is 12.2. The van der Waals surface area contributed by atoms with Crippen LogP contribution in [0, 0.1) is 0 Å². The molecule has 1 aliphatic heterocycles. The Bertz CT molecular complexity index is 893. The maximum atomic E-state index is 12.2. The molecule has 0 atom stereocenters. The van der Waals surface area contributed by atoms with E-state index in [1.54, 1.807) is 35.9 Å². The average molecular weight is 410 g/mol. The molecule has 1 aromatic heterocycles. The molecule has 3 rings (SSSR count). The molecule has 0 spiro atoms. The number of rotatable bonds is 7. The van der Waals surface area contributed by atoms with Crippen molar-refractivity contribution in [1.82, 2.24) is 19.7 Å². The number of hydrogen-bond donors (Lipinski definition) is 0. The monoisotopic (exact) mass is 409 g/mol. The van der Waals surface area contributed by atoms with Gasteiger partial charge in [-0.15, -0.1) is 10.2 Å². The summed E-state index contributed by atoms with van der Waals surface area (Å²) in [4.78, 5) is 14.1. The molecular weight excluding hydrogens is 386 g/mol. The van der Waals surface area contributed by atoms with E-state index in [1.165, 1.54) is 22.3 Å². The third kappa shape index (κ3) is 4.81. The Morgan fingerprint density at radius 3 is 2.48 bits per heavy atom. The quantitative estimate of drug-likeness (QED) is 0.644. The molecule has 0 radical (unpaired) electrons. The molecular formula is C17H23N5O3S2. The number of likely N-dealkylation sites (tertiary alicyclic amines) is 1. The first-order valence-electron chi connectivity index (χ1n) is 8.68. The lowest BCUT2D eigenvalue weighted by Gasteiger charge is -2.21. The van der Waals surface area contributed by atoms with Gasteiger partial charge in [-0.1, -0.05) is 30.0 Å². The number of anilines is 1. The molecule has 2 heterocycles. The van der Waals surface area contributed by atoms with Crippen LogP contribution >= 0.6 is 11.8 Å². The topological polar surface area (TPSA) is 88.4 Å². The van der Waals surface area contributed by atoms with Gasteiger partial charge in [-0.2, -0.15) is 0 Å². The Hall–Kier alpha value is -2.07. The van der Waals surface area contributed by atoms with Gasteiger partial charge < -0.3 is 9.47 Å². The minimum atomic E-state index is -3.48. The van der Waals surface area contributed by atoms with E-state index in [2.05, 4.69) is 10.2 Å². The van der Waals surface area contributed by atoms with Crippen molar-refractivity contribution < 1.29 is 13.2 Å². The van der Waals surface area contributed by atoms with Crippen molar-refractivity contribution in [2.75, 3.05) is 29.4 Å². The molecule has 0 N–H and O–H groups in total. The maximum Gasteiger partial charge on any atom is 0.233 e. The molecule has 1 aromatic carbocycles. The van der Waals surface area contributed by atoms with E-state index < -0.39 is 10.0 Å². The Balaban J connectivity index is 1.71. The largest absolute Gasteiger partial charge is 0.342 e. The summed E-state index contributed by atoms with van der Waals surface area (Å²) in [5, 5.41) is 8.85. The summed E-state index contributed by atoms with van der Waals surface area (Å²) in [5.41, 5.74) is 0.571. The number of benzene rings is 1. The van der Waals surface area contributed by atoms with Crippen LogP contribution in [-0.4, -0.2) is 59.1 Å². The van der Waals surface area contributed by atoms with E-state index in [4.69, 9.17) is 0 Å². The summed E-state index contributed by atoms with van der Waals surface area (Å²) < 4.78 is 27.5. The van der Waals surface area contributed by atoms with Crippen LogP contribution in [-0.2, 0) is 28.4 Å². The molecule has 1 amide bonds. The number of amides is 1. The van der Waals surface area contributed by atoms with Gasteiger partial charge >= 0.3 is 0 Å². The third-order valence-electron chi connectivity index (χ3n) is 4.44. The number of aromatic nitrogens is 3. The molecule has 0 aliphatic carbocycles. The average Bonchev–Trinajstić information content (AvgIpc) is 3.28. The number of nitrogens with zero attached hydrogens (tertiary/aromatic N) is 5. The van der Waals surface area contributed by atoms with Crippen molar-refractivity contribution in [2.24, 2.45) is 7.05 Å². The highest BCUT2D eigenvalue weighted by Crippen LogP contribution is 2.22. The zero-order valence-electron chi connectivity index (χ0n) is 15.4. The van der Waals surface area contributed by atoms with Gasteiger partial charge in [0.05, 0.1) is 24.2 Å². The van der Waals surface area contributed by atoms with Gasteiger partial charge in [0.15, 0.2) is 11.0 Å². The van der Waals surface area contributed by atoms with Crippen LogP contribution in [0.3, 0.4) is 0 Å². The molecule has 10 heteroatoms. The van der Waals surface area contributed by atoms with Gasteiger partial charge in [0, 0.05) is 20.1 Å². The summed E-state index contributed by atoms with van der Waals surface area (Å²) in [6.45, 7) is 1.72. The smallest absolute Gasteiger partial charge is 0.233 e. The summed E-state index contributed by atoms with van der Waals surface area (Å²) >= 11 is 1.32. The first-order chi connectivity index (χ1) is 12.9.